The van der Waals surface area contributed by atoms with Gasteiger partial charge in [0.25, 0.3) is 0 Å². The van der Waals surface area contributed by atoms with Crippen LogP contribution >= 0.6 is 0 Å². The van der Waals surface area contributed by atoms with E-state index in [0.29, 0.717) is 12.8 Å². The van der Waals surface area contributed by atoms with Crippen molar-refractivity contribution < 1.29 is 10.2 Å². The molecule has 0 saturated heterocycles. The summed E-state index contributed by atoms with van der Waals surface area (Å²) in [6, 6.07) is 0. The number of nitrogens with one attached hydrogen (secondary N) is 1. The molecule has 0 aliphatic rings. The van der Waals surface area contributed by atoms with Gasteiger partial charge >= 0.3 is 0 Å². The second-order valence-electron chi connectivity index (χ2n) is 5.91. The third-order valence-corrected chi connectivity index (χ3v) is 4.16. The maximum Gasteiger partial charge on any atom is 0.0448 e. The SMILES string of the molecule is CCCCCCCCCCCC(CCO)(CCO)N[O-]. The number of hydrogen-bond acceptors (Lipinski definition) is 4. The first-order valence-corrected chi connectivity index (χ1v) is 8.35. The minimum absolute atomic E-state index is 0.00727. The Bertz CT molecular complexity index is 194. The van der Waals surface area contributed by atoms with E-state index in [9.17, 15) is 5.21 Å². The number of hydroxylamine groups is 1. The van der Waals surface area contributed by atoms with Crippen LogP contribution in [-0.4, -0.2) is 29.0 Å². The summed E-state index contributed by atoms with van der Waals surface area (Å²) in [6.45, 7) is 2.22. The van der Waals surface area contributed by atoms with Crippen LogP contribution in [0.3, 0.4) is 0 Å². The molecule has 4 heteroatoms. The topological polar surface area (TPSA) is 75.5 Å². The molecular formula is C16H34NO3-. The van der Waals surface area contributed by atoms with Crippen LogP contribution in [0.4, 0.5) is 0 Å². The Morgan fingerprint density at radius 3 is 1.60 bits per heavy atom. The quantitative estimate of drug-likeness (QED) is 0.318. The molecule has 122 valence electrons. The molecule has 4 nitrogen and oxygen atoms in total. The second-order valence-corrected chi connectivity index (χ2v) is 5.91. The lowest BCUT2D eigenvalue weighted by atomic mass is 9.86. The number of aliphatic hydroxyl groups is 2. The van der Waals surface area contributed by atoms with Gasteiger partial charge in [-0.3, -0.25) is 0 Å². The van der Waals surface area contributed by atoms with E-state index in [0.717, 1.165) is 19.3 Å². The molecule has 20 heavy (non-hydrogen) atoms. The molecule has 0 radical (unpaired) electrons. The number of hydrogen-bond donors (Lipinski definition) is 3. The molecule has 0 fully saturated rings. The molecule has 0 aromatic heterocycles. The third-order valence-electron chi connectivity index (χ3n) is 4.16. The van der Waals surface area contributed by atoms with Crippen LogP contribution in [0.2, 0.25) is 0 Å². The highest BCUT2D eigenvalue weighted by atomic mass is 16.5. The Morgan fingerprint density at radius 2 is 1.20 bits per heavy atom. The van der Waals surface area contributed by atoms with Gasteiger partial charge in [0.15, 0.2) is 0 Å². The summed E-state index contributed by atoms with van der Waals surface area (Å²) in [5, 5.41) is 29.2. The largest absolute Gasteiger partial charge is 0.787 e. The van der Waals surface area contributed by atoms with Crippen molar-refractivity contribution in [1.82, 2.24) is 5.48 Å². The average molecular weight is 288 g/mol. The molecule has 0 rings (SSSR count). The highest BCUT2D eigenvalue weighted by Crippen LogP contribution is 2.23. The van der Waals surface area contributed by atoms with E-state index in [1.165, 1.54) is 44.9 Å². The van der Waals surface area contributed by atoms with Crippen molar-refractivity contribution in [2.45, 2.75) is 89.5 Å². The van der Waals surface area contributed by atoms with Gasteiger partial charge in [-0.05, 0) is 19.3 Å². The van der Waals surface area contributed by atoms with Crippen LogP contribution in [0.15, 0.2) is 0 Å². The smallest absolute Gasteiger partial charge is 0.0448 e. The van der Waals surface area contributed by atoms with Crippen molar-refractivity contribution in [2.75, 3.05) is 13.2 Å². The van der Waals surface area contributed by atoms with E-state index in [-0.39, 0.29) is 13.2 Å². The zero-order chi connectivity index (χ0) is 15.1. The fraction of sp³-hybridized carbons (Fsp3) is 1.00. The Kier molecular flexibility index (Phi) is 13.7. The summed E-state index contributed by atoms with van der Waals surface area (Å²) in [4.78, 5) is 0. The highest BCUT2D eigenvalue weighted by Gasteiger charge is 2.24. The van der Waals surface area contributed by atoms with Crippen LogP contribution in [-0.2, 0) is 0 Å². The summed E-state index contributed by atoms with van der Waals surface area (Å²) >= 11 is 0. The molecule has 0 amide bonds. The molecule has 0 spiro atoms. The summed E-state index contributed by atoms with van der Waals surface area (Å²) in [5.41, 5.74) is 1.45. The zero-order valence-electron chi connectivity index (χ0n) is 13.2. The van der Waals surface area contributed by atoms with Gasteiger partial charge < -0.3 is 20.9 Å². The molecule has 0 atom stereocenters. The Labute approximate surface area is 124 Å². The molecule has 0 unspecified atom stereocenters. The summed E-state index contributed by atoms with van der Waals surface area (Å²) in [6.07, 6.45) is 12.9. The average Bonchev–Trinajstić information content (AvgIpc) is 2.46. The molecular weight excluding hydrogens is 254 g/mol. The maximum absolute atomic E-state index is 11.1. The summed E-state index contributed by atoms with van der Waals surface area (Å²) in [5.74, 6) is 0. The minimum atomic E-state index is -0.620. The number of unbranched alkanes of at least 4 members (excludes halogenated alkanes) is 8. The zero-order valence-corrected chi connectivity index (χ0v) is 13.2. The van der Waals surface area contributed by atoms with Gasteiger partial charge in [0, 0.05) is 18.8 Å². The first-order chi connectivity index (χ1) is 9.74. The van der Waals surface area contributed by atoms with Crippen LogP contribution in [0.5, 0.6) is 0 Å². The lowest BCUT2D eigenvalue weighted by Gasteiger charge is -2.38. The van der Waals surface area contributed by atoms with Crippen molar-refractivity contribution in [3.05, 3.63) is 5.21 Å². The minimum Gasteiger partial charge on any atom is -0.787 e. The maximum atomic E-state index is 11.1. The van der Waals surface area contributed by atoms with Crippen LogP contribution in [0, 0.1) is 5.21 Å². The van der Waals surface area contributed by atoms with E-state index in [1.54, 1.807) is 0 Å². The normalized spacial score (nSPS) is 12.0. The molecule has 0 aromatic rings. The van der Waals surface area contributed by atoms with Gasteiger partial charge in [-0.2, -0.15) is 0 Å². The fourth-order valence-corrected chi connectivity index (χ4v) is 2.73. The van der Waals surface area contributed by atoms with Crippen molar-refractivity contribution in [2.24, 2.45) is 0 Å². The standard InChI is InChI=1S/C16H34NO3/c1-2-3-4-5-6-7-8-9-10-11-16(17-20,12-14-18)13-15-19/h17-19H,2-15H2,1H3/q-1. The molecule has 3 N–H and O–H groups in total. The van der Waals surface area contributed by atoms with Crippen molar-refractivity contribution in [3.63, 3.8) is 0 Å². The van der Waals surface area contributed by atoms with Gasteiger partial charge in [0.05, 0.1) is 0 Å². The van der Waals surface area contributed by atoms with E-state index in [4.69, 9.17) is 10.2 Å². The predicted octanol–water partition coefficient (Wildman–Crippen LogP) is 3.50. The van der Waals surface area contributed by atoms with Gasteiger partial charge in [0.2, 0.25) is 0 Å². The molecule has 0 saturated carbocycles. The van der Waals surface area contributed by atoms with E-state index in [2.05, 4.69) is 12.4 Å². The number of rotatable bonds is 15. The Hall–Kier alpha value is -0.160. The monoisotopic (exact) mass is 288 g/mol. The molecule has 0 heterocycles. The summed E-state index contributed by atoms with van der Waals surface area (Å²) < 4.78 is 0. The van der Waals surface area contributed by atoms with E-state index >= 15 is 0 Å². The molecule has 0 bridgehead atoms. The number of aliphatic hydroxyl groups excluding tert-OH is 2. The van der Waals surface area contributed by atoms with E-state index < -0.39 is 5.54 Å². The van der Waals surface area contributed by atoms with Gasteiger partial charge in [-0.15, -0.1) is 0 Å². The summed E-state index contributed by atoms with van der Waals surface area (Å²) in [7, 11) is 0. The molecule has 0 aromatic carbocycles. The van der Waals surface area contributed by atoms with Crippen LogP contribution in [0.25, 0.3) is 0 Å². The third kappa shape index (κ3) is 9.70. The Morgan fingerprint density at radius 1 is 0.750 bits per heavy atom. The van der Waals surface area contributed by atoms with Crippen molar-refractivity contribution in [1.29, 1.82) is 0 Å². The van der Waals surface area contributed by atoms with Crippen molar-refractivity contribution in [3.8, 4) is 0 Å². The van der Waals surface area contributed by atoms with E-state index in [1.807, 2.05) is 0 Å². The lowest BCUT2D eigenvalue weighted by molar-refractivity contribution is 0.164. The molecule has 0 aliphatic heterocycles. The second kappa shape index (κ2) is 13.8. The van der Waals surface area contributed by atoms with Crippen LogP contribution in [0.1, 0.15) is 84.0 Å². The van der Waals surface area contributed by atoms with Gasteiger partial charge in [0.1, 0.15) is 0 Å². The highest BCUT2D eigenvalue weighted by molar-refractivity contribution is 4.87. The first-order valence-electron chi connectivity index (χ1n) is 8.35. The van der Waals surface area contributed by atoms with Gasteiger partial charge in [-0.25, -0.2) is 0 Å². The predicted molar refractivity (Wildman–Crippen MR) is 84.5 cm³/mol. The molecule has 0 aliphatic carbocycles. The van der Waals surface area contributed by atoms with Crippen molar-refractivity contribution >= 4 is 0 Å². The van der Waals surface area contributed by atoms with Gasteiger partial charge in [-0.1, -0.05) is 64.7 Å². The Balaban J connectivity index is 3.62. The fourth-order valence-electron chi connectivity index (χ4n) is 2.73. The van der Waals surface area contributed by atoms with Crippen LogP contribution < -0.4 is 5.48 Å². The first kappa shape index (κ1) is 19.8. The lowest BCUT2D eigenvalue weighted by Crippen LogP contribution is -2.43.